The summed E-state index contributed by atoms with van der Waals surface area (Å²) in [6.07, 6.45) is 2.58. The summed E-state index contributed by atoms with van der Waals surface area (Å²) in [6.45, 7) is 0. The molecule has 0 N–H and O–H groups in total. The second-order valence-corrected chi connectivity index (χ2v) is 16.9. The fraction of sp³-hybridized carbons (Fsp3) is 0.0357. The van der Waals surface area contributed by atoms with Gasteiger partial charge < -0.3 is 0 Å². The van der Waals surface area contributed by atoms with Gasteiger partial charge in [-0.3, -0.25) is 0 Å². The molecule has 32 heavy (non-hydrogen) atoms. The van der Waals surface area contributed by atoms with Crippen molar-refractivity contribution in [3.8, 4) is 6.07 Å². The van der Waals surface area contributed by atoms with Crippen LogP contribution in [-0.4, -0.2) is 0 Å². The van der Waals surface area contributed by atoms with E-state index in [0.29, 0.717) is 5.56 Å². The molecular formula is C28H21BrNOP. The van der Waals surface area contributed by atoms with Gasteiger partial charge in [0.2, 0.25) is 0 Å². The Morgan fingerprint density at radius 3 is 1.69 bits per heavy atom. The summed E-state index contributed by atoms with van der Waals surface area (Å²) < 4.78 is 5.94. The predicted octanol–water partition coefficient (Wildman–Crippen LogP) is 6.64. The van der Waals surface area contributed by atoms with Crippen molar-refractivity contribution in [2.45, 2.75) is 6.16 Å². The van der Waals surface area contributed by atoms with Crippen LogP contribution in [0.15, 0.2) is 120 Å². The van der Waals surface area contributed by atoms with Crippen molar-refractivity contribution < 1.29 is 4.42 Å². The molecule has 0 aliphatic heterocycles. The molecule has 0 fully saturated rings. The maximum atomic E-state index is 9.46. The topological polar surface area (TPSA) is 36.9 Å². The molecule has 0 atom stereocenters. The van der Waals surface area contributed by atoms with E-state index >= 15 is 0 Å². The van der Waals surface area contributed by atoms with Crippen molar-refractivity contribution in [1.82, 2.24) is 0 Å². The van der Waals surface area contributed by atoms with E-state index in [1.54, 1.807) is 6.07 Å². The van der Waals surface area contributed by atoms with E-state index in [-0.39, 0.29) is 0 Å². The third-order valence-electron chi connectivity index (χ3n) is 6.13. The van der Waals surface area contributed by atoms with E-state index in [2.05, 4.69) is 113 Å². The molecule has 0 unspecified atom stereocenters. The first-order valence-electron chi connectivity index (χ1n) is 10.4. The van der Waals surface area contributed by atoms with Crippen molar-refractivity contribution in [3.63, 3.8) is 0 Å². The van der Waals surface area contributed by atoms with Crippen molar-refractivity contribution in [3.05, 3.63) is 127 Å². The number of hydrogen-bond acceptors (Lipinski definition) is 2. The standard InChI is InChI=1S/C28H21BrNOP/c29-32(24-10-4-1-5-11-24,25-12-6-2-7-13-25,26-14-8-3-9-15-26)21-23-20-31-28-17-16-22(19-30)18-27(23)28/h1-18,20H,21H2. The molecule has 5 aromatic rings. The van der Waals surface area contributed by atoms with Crippen LogP contribution in [-0.2, 0) is 6.16 Å². The zero-order valence-corrected chi connectivity index (χ0v) is 19.8. The van der Waals surface area contributed by atoms with Gasteiger partial charge >= 0.3 is 196 Å². The molecule has 0 aliphatic rings. The summed E-state index contributed by atoms with van der Waals surface area (Å²) in [5, 5.41) is 11.1. The van der Waals surface area contributed by atoms with Crippen molar-refractivity contribution in [2.24, 2.45) is 0 Å². The summed E-state index contributed by atoms with van der Waals surface area (Å²) in [6, 6.07) is 40.0. The Labute approximate surface area is 195 Å². The molecule has 4 aromatic carbocycles. The normalized spacial score (nSPS) is 12.7. The number of nitriles is 1. The maximum absolute atomic E-state index is 9.46. The van der Waals surface area contributed by atoms with Gasteiger partial charge in [-0.1, -0.05) is 0 Å². The molecule has 5 rings (SSSR count). The first kappa shape index (κ1) is 20.7. The van der Waals surface area contributed by atoms with Crippen LogP contribution in [0.4, 0.5) is 0 Å². The number of fused-ring (bicyclic) bond motifs is 1. The second-order valence-electron chi connectivity index (χ2n) is 7.93. The Hall–Kier alpha value is -3.18. The molecule has 0 amide bonds. The molecule has 2 nitrogen and oxygen atoms in total. The fourth-order valence-corrected chi connectivity index (χ4v) is 12.2. The second kappa shape index (κ2) is 8.06. The van der Waals surface area contributed by atoms with E-state index in [1.807, 2.05) is 18.4 Å². The van der Waals surface area contributed by atoms with Gasteiger partial charge in [0.25, 0.3) is 0 Å². The zero-order valence-electron chi connectivity index (χ0n) is 17.4. The van der Waals surface area contributed by atoms with Crippen LogP contribution in [0.1, 0.15) is 11.1 Å². The number of furan rings is 1. The van der Waals surface area contributed by atoms with Gasteiger partial charge in [-0.15, -0.1) is 0 Å². The van der Waals surface area contributed by atoms with Gasteiger partial charge in [0.15, 0.2) is 0 Å². The van der Waals surface area contributed by atoms with Gasteiger partial charge in [-0.25, -0.2) is 0 Å². The van der Waals surface area contributed by atoms with Crippen LogP contribution in [0.2, 0.25) is 0 Å². The molecule has 0 saturated carbocycles. The fourth-order valence-electron chi connectivity index (χ4n) is 4.53. The molecule has 0 saturated heterocycles. The predicted molar refractivity (Wildman–Crippen MR) is 139 cm³/mol. The van der Waals surface area contributed by atoms with E-state index in [4.69, 9.17) is 4.42 Å². The quantitative estimate of drug-likeness (QED) is 0.255. The van der Waals surface area contributed by atoms with Crippen molar-refractivity contribution in [1.29, 1.82) is 5.26 Å². The van der Waals surface area contributed by atoms with Gasteiger partial charge in [0.05, 0.1) is 0 Å². The summed E-state index contributed by atoms with van der Waals surface area (Å²) in [5.74, 6) is 0. The van der Waals surface area contributed by atoms with Crippen molar-refractivity contribution >= 4 is 47.7 Å². The van der Waals surface area contributed by atoms with Crippen molar-refractivity contribution in [2.75, 3.05) is 0 Å². The first-order chi connectivity index (χ1) is 15.6. The Morgan fingerprint density at radius 2 is 1.22 bits per heavy atom. The average Bonchev–Trinajstić information content (AvgIpc) is 3.27. The SMILES string of the molecule is N#Cc1ccc2occ(CP(Br)(c3ccccc3)(c3ccccc3)c3ccccc3)c2c1. The molecule has 156 valence electrons. The molecule has 1 heterocycles. The van der Waals surface area contributed by atoms with Crippen LogP contribution in [0.3, 0.4) is 0 Å². The summed E-state index contributed by atoms with van der Waals surface area (Å²) in [4.78, 5) is 0. The number of halogens is 1. The van der Waals surface area contributed by atoms with Gasteiger partial charge in [-0.2, -0.15) is 0 Å². The number of hydrogen-bond donors (Lipinski definition) is 0. The Kier molecular flexibility index (Phi) is 5.22. The van der Waals surface area contributed by atoms with E-state index < -0.39 is 5.31 Å². The van der Waals surface area contributed by atoms with E-state index in [0.717, 1.165) is 22.7 Å². The summed E-state index contributed by atoms with van der Waals surface area (Å²) in [7, 11) is 0. The monoisotopic (exact) mass is 497 g/mol. The van der Waals surface area contributed by atoms with Crippen LogP contribution in [0, 0.1) is 11.3 Å². The Bertz CT molecular complexity index is 1320. The van der Waals surface area contributed by atoms with E-state index in [1.165, 1.54) is 15.9 Å². The number of rotatable bonds is 5. The van der Waals surface area contributed by atoms with Gasteiger partial charge in [0, 0.05) is 0 Å². The first-order valence-corrected chi connectivity index (χ1v) is 14.9. The minimum atomic E-state index is -3.12. The summed E-state index contributed by atoms with van der Waals surface area (Å²) >= 11 is 4.48. The van der Waals surface area contributed by atoms with Crippen LogP contribution < -0.4 is 15.9 Å². The van der Waals surface area contributed by atoms with Crippen LogP contribution >= 0.6 is 20.8 Å². The Balaban J connectivity index is 1.87. The molecular weight excluding hydrogens is 477 g/mol. The number of nitrogens with zero attached hydrogens (tertiary/aromatic N) is 1. The Morgan fingerprint density at radius 1 is 0.719 bits per heavy atom. The zero-order chi connectivity index (χ0) is 22.0. The molecule has 1 aromatic heterocycles. The van der Waals surface area contributed by atoms with Gasteiger partial charge in [0.1, 0.15) is 0 Å². The van der Waals surface area contributed by atoms with E-state index in [9.17, 15) is 5.26 Å². The van der Waals surface area contributed by atoms with Crippen LogP contribution in [0.25, 0.3) is 11.0 Å². The molecule has 0 bridgehead atoms. The number of benzene rings is 4. The third kappa shape index (κ3) is 3.19. The molecule has 0 radical (unpaired) electrons. The summed E-state index contributed by atoms with van der Waals surface area (Å²) in [5.41, 5.74) is 2.52. The third-order valence-corrected chi connectivity index (χ3v) is 15.6. The minimum absolute atomic E-state index is 0.633. The average molecular weight is 498 g/mol. The van der Waals surface area contributed by atoms with Gasteiger partial charge in [-0.05, 0) is 0 Å². The molecule has 0 spiro atoms. The van der Waals surface area contributed by atoms with Crippen LogP contribution in [0.5, 0.6) is 0 Å². The molecule has 0 aliphatic carbocycles. The molecule has 4 heteroatoms.